The van der Waals surface area contributed by atoms with Crippen LogP contribution in [0.5, 0.6) is 0 Å². The van der Waals surface area contributed by atoms with Gasteiger partial charge in [-0.05, 0) is 18.3 Å². The summed E-state index contributed by atoms with van der Waals surface area (Å²) in [6.45, 7) is 6.01. The molecule has 0 N–H and O–H groups in total. The summed E-state index contributed by atoms with van der Waals surface area (Å²) in [5.41, 5.74) is 0.0608. The van der Waals surface area contributed by atoms with E-state index in [9.17, 15) is 13.2 Å². The Morgan fingerprint density at radius 2 is 1.50 bits per heavy atom. The Bertz CT molecular complexity index is 124. The van der Waals surface area contributed by atoms with E-state index in [0.717, 1.165) is 6.42 Å². The molecule has 0 spiro atoms. The SMILES string of the molecule is CCC(C)(C)CCCC(F)(F)F. The molecule has 0 saturated carbocycles. The van der Waals surface area contributed by atoms with Crippen LogP contribution in [-0.4, -0.2) is 6.18 Å². The molecular formula is C9H17F3. The molecule has 0 amide bonds. The van der Waals surface area contributed by atoms with Gasteiger partial charge in [0.05, 0.1) is 0 Å². The first-order valence-electron chi connectivity index (χ1n) is 4.33. The van der Waals surface area contributed by atoms with Crippen LogP contribution < -0.4 is 0 Å². The summed E-state index contributed by atoms with van der Waals surface area (Å²) >= 11 is 0. The molecule has 0 nitrogen and oxygen atoms in total. The summed E-state index contributed by atoms with van der Waals surface area (Å²) in [5, 5.41) is 0. The summed E-state index contributed by atoms with van der Waals surface area (Å²) in [5.74, 6) is 0. The van der Waals surface area contributed by atoms with Crippen molar-refractivity contribution in [2.24, 2.45) is 5.41 Å². The Hall–Kier alpha value is -0.210. The van der Waals surface area contributed by atoms with Crippen molar-refractivity contribution in [2.45, 2.75) is 52.6 Å². The highest BCUT2D eigenvalue weighted by atomic mass is 19.4. The van der Waals surface area contributed by atoms with Crippen LogP contribution in [0.4, 0.5) is 13.2 Å². The molecule has 3 heteroatoms. The average molecular weight is 182 g/mol. The third kappa shape index (κ3) is 6.50. The van der Waals surface area contributed by atoms with Gasteiger partial charge in [-0.25, -0.2) is 0 Å². The molecule has 0 heterocycles. The van der Waals surface area contributed by atoms with Crippen molar-refractivity contribution in [3.05, 3.63) is 0 Å². The highest BCUT2D eigenvalue weighted by Gasteiger charge is 2.27. The first-order chi connectivity index (χ1) is 5.27. The number of alkyl halides is 3. The third-order valence-electron chi connectivity index (χ3n) is 2.27. The zero-order valence-electron chi connectivity index (χ0n) is 7.96. The standard InChI is InChI=1S/C9H17F3/c1-4-8(2,3)6-5-7-9(10,11)12/h4-7H2,1-3H3. The van der Waals surface area contributed by atoms with Gasteiger partial charge in [0.15, 0.2) is 0 Å². The summed E-state index contributed by atoms with van der Waals surface area (Å²) in [4.78, 5) is 0. The number of hydrogen-bond acceptors (Lipinski definition) is 0. The second-order valence-electron chi connectivity index (χ2n) is 3.99. The number of halogens is 3. The Morgan fingerprint density at radius 3 is 1.83 bits per heavy atom. The van der Waals surface area contributed by atoms with E-state index in [1.165, 1.54) is 0 Å². The molecule has 0 atom stereocenters. The largest absolute Gasteiger partial charge is 0.389 e. The van der Waals surface area contributed by atoms with Crippen molar-refractivity contribution in [1.29, 1.82) is 0 Å². The van der Waals surface area contributed by atoms with Gasteiger partial charge >= 0.3 is 6.18 Å². The van der Waals surface area contributed by atoms with Gasteiger partial charge in [-0.1, -0.05) is 27.2 Å². The van der Waals surface area contributed by atoms with Crippen LogP contribution in [0.15, 0.2) is 0 Å². The predicted molar refractivity (Wildman–Crippen MR) is 44.0 cm³/mol. The Morgan fingerprint density at radius 1 is 1.00 bits per heavy atom. The van der Waals surface area contributed by atoms with Crippen LogP contribution >= 0.6 is 0 Å². The lowest BCUT2D eigenvalue weighted by molar-refractivity contribution is -0.136. The molecule has 0 aliphatic carbocycles. The van der Waals surface area contributed by atoms with Crippen molar-refractivity contribution in [3.8, 4) is 0 Å². The van der Waals surface area contributed by atoms with Gasteiger partial charge < -0.3 is 0 Å². The summed E-state index contributed by atoms with van der Waals surface area (Å²) in [6.07, 6.45) is -2.78. The molecule has 0 fully saturated rings. The first kappa shape index (κ1) is 11.8. The lowest BCUT2D eigenvalue weighted by atomic mass is 9.85. The van der Waals surface area contributed by atoms with Crippen LogP contribution in [0, 0.1) is 5.41 Å². The molecule has 74 valence electrons. The summed E-state index contributed by atoms with van der Waals surface area (Å²) < 4.78 is 35.2. The Balaban J connectivity index is 3.57. The maximum atomic E-state index is 11.7. The zero-order chi connectivity index (χ0) is 9.83. The second kappa shape index (κ2) is 4.15. The van der Waals surface area contributed by atoms with Crippen molar-refractivity contribution in [2.75, 3.05) is 0 Å². The van der Waals surface area contributed by atoms with Crippen molar-refractivity contribution >= 4 is 0 Å². The smallest absolute Gasteiger partial charge is 0.171 e. The quantitative estimate of drug-likeness (QED) is 0.612. The van der Waals surface area contributed by atoms with Crippen LogP contribution in [0.2, 0.25) is 0 Å². The Labute approximate surface area is 72.2 Å². The molecule has 0 rings (SSSR count). The lowest BCUT2D eigenvalue weighted by Crippen LogP contribution is -2.12. The van der Waals surface area contributed by atoms with Gasteiger partial charge in [0.1, 0.15) is 0 Å². The van der Waals surface area contributed by atoms with Gasteiger partial charge in [0.25, 0.3) is 0 Å². The number of rotatable bonds is 4. The summed E-state index contributed by atoms with van der Waals surface area (Å²) in [7, 11) is 0. The lowest BCUT2D eigenvalue weighted by Gasteiger charge is -2.22. The maximum Gasteiger partial charge on any atom is 0.389 e. The average Bonchev–Trinajstić information content (AvgIpc) is 1.84. The number of hydrogen-bond donors (Lipinski definition) is 0. The van der Waals surface area contributed by atoms with Crippen molar-refractivity contribution in [1.82, 2.24) is 0 Å². The zero-order valence-corrected chi connectivity index (χ0v) is 7.96. The van der Waals surface area contributed by atoms with E-state index in [2.05, 4.69) is 0 Å². The fourth-order valence-corrected chi connectivity index (χ4v) is 0.944. The van der Waals surface area contributed by atoms with E-state index in [0.29, 0.717) is 6.42 Å². The first-order valence-corrected chi connectivity index (χ1v) is 4.33. The maximum absolute atomic E-state index is 11.7. The topological polar surface area (TPSA) is 0 Å². The van der Waals surface area contributed by atoms with Crippen LogP contribution in [0.3, 0.4) is 0 Å². The molecule has 0 aliphatic rings. The molecule has 12 heavy (non-hydrogen) atoms. The highest BCUT2D eigenvalue weighted by molar-refractivity contribution is 4.66. The van der Waals surface area contributed by atoms with Gasteiger partial charge in [0.2, 0.25) is 0 Å². The third-order valence-corrected chi connectivity index (χ3v) is 2.27. The van der Waals surface area contributed by atoms with Crippen LogP contribution in [0.1, 0.15) is 46.5 Å². The minimum absolute atomic E-state index is 0.0608. The predicted octanol–water partition coefficient (Wildman–Crippen LogP) is 4.16. The van der Waals surface area contributed by atoms with Crippen LogP contribution in [-0.2, 0) is 0 Å². The monoisotopic (exact) mass is 182 g/mol. The molecule has 0 aromatic rings. The highest BCUT2D eigenvalue weighted by Crippen LogP contribution is 2.30. The van der Waals surface area contributed by atoms with E-state index in [1.54, 1.807) is 0 Å². The van der Waals surface area contributed by atoms with Gasteiger partial charge in [-0.2, -0.15) is 13.2 Å². The molecule has 0 aliphatic heterocycles. The van der Waals surface area contributed by atoms with E-state index >= 15 is 0 Å². The van der Waals surface area contributed by atoms with Crippen molar-refractivity contribution < 1.29 is 13.2 Å². The molecule has 0 bridgehead atoms. The fourth-order valence-electron chi connectivity index (χ4n) is 0.944. The van der Waals surface area contributed by atoms with Gasteiger partial charge in [-0.15, -0.1) is 0 Å². The summed E-state index contributed by atoms with van der Waals surface area (Å²) in [6, 6.07) is 0. The van der Waals surface area contributed by atoms with E-state index in [-0.39, 0.29) is 11.8 Å². The second-order valence-corrected chi connectivity index (χ2v) is 3.99. The molecular weight excluding hydrogens is 165 g/mol. The normalized spacial score (nSPS) is 13.5. The fraction of sp³-hybridized carbons (Fsp3) is 1.00. The van der Waals surface area contributed by atoms with E-state index < -0.39 is 12.6 Å². The van der Waals surface area contributed by atoms with Crippen molar-refractivity contribution in [3.63, 3.8) is 0 Å². The molecule has 0 saturated heterocycles. The molecule has 0 aromatic heterocycles. The molecule has 0 unspecified atom stereocenters. The van der Waals surface area contributed by atoms with Gasteiger partial charge in [0, 0.05) is 6.42 Å². The van der Waals surface area contributed by atoms with E-state index in [4.69, 9.17) is 0 Å². The Kier molecular flexibility index (Phi) is 4.08. The molecule has 0 aromatic carbocycles. The molecule has 0 radical (unpaired) electrons. The van der Waals surface area contributed by atoms with Gasteiger partial charge in [-0.3, -0.25) is 0 Å². The minimum atomic E-state index is -3.98. The van der Waals surface area contributed by atoms with Crippen LogP contribution in [0.25, 0.3) is 0 Å². The minimum Gasteiger partial charge on any atom is -0.171 e. The van der Waals surface area contributed by atoms with E-state index in [1.807, 2.05) is 20.8 Å².